The van der Waals surface area contributed by atoms with Gasteiger partial charge in [-0.15, -0.1) is 0 Å². The fourth-order valence-corrected chi connectivity index (χ4v) is 3.70. The number of aliphatic hydroxyl groups excluding tert-OH is 6. The molecule has 1 aromatic carbocycles. The smallest absolute Gasteiger partial charge is 0.337 e. The molecule has 13 heteroatoms. The van der Waals surface area contributed by atoms with Crippen molar-refractivity contribution in [3.63, 3.8) is 0 Å². The van der Waals surface area contributed by atoms with E-state index in [9.17, 15) is 45.3 Å². The van der Waals surface area contributed by atoms with E-state index in [0.29, 0.717) is 5.56 Å². The third kappa shape index (κ3) is 7.03. The van der Waals surface area contributed by atoms with Gasteiger partial charge < -0.3 is 54.7 Å². The van der Waals surface area contributed by atoms with Crippen LogP contribution >= 0.6 is 0 Å². The number of esters is 2. The Hall–Kier alpha value is -3.14. The molecule has 0 saturated carbocycles. The van der Waals surface area contributed by atoms with Crippen molar-refractivity contribution in [3.05, 3.63) is 59.4 Å². The van der Waals surface area contributed by atoms with E-state index in [-0.39, 0.29) is 16.9 Å². The molecule has 0 unspecified atom stereocenters. The summed E-state index contributed by atoms with van der Waals surface area (Å²) in [5.41, 5.74) is 0.462. The Kier molecular flexibility index (Phi) is 10.1. The van der Waals surface area contributed by atoms with Crippen LogP contribution in [0.3, 0.4) is 0 Å². The molecule has 0 aromatic heterocycles. The summed E-state index contributed by atoms with van der Waals surface area (Å²) in [5.74, 6) is -1.63. The highest BCUT2D eigenvalue weighted by Gasteiger charge is 2.45. The van der Waals surface area contributed by atoms with Crippen molar-refractivity contribution in [1.29, 1.82) is 0 Å². The minimum absolute atomic E-state index is 0.0754. The van der Waals surface area contributed by atoms with E-state index < -0.39 is 74.2 Å². The summed E-state index contributed by atoms with van der Waals surface area (Å²) < 4.78 is 20.5. The molecule has 2 saturated heterocycles. The first-order chi connectivity index (χ1) is 18.0. The van der Waals surface area contributed by atoms with Crippen molar-refractivity contribution in [1.82, 2.24) is 0 Å². The topological polar surface area (TPSA) is 213 Å². The first kappa shape index (κ1) is 29.4. The van der Waals surface area contributed by atoms with Gasteiger partial charge >= 0.3 is 11.9 Å². The number of carbonyl (C=O) groups is 2. The number of phenols is 1. The molecular weight excluding hydrogens is 508 g/mol. The number of ether oxygens (including phenoxy) is 4. The van der Waals surface area contributed by atoms with E-state index in [1.807, 2.05) is 0 Å². The van der Waals surface area contributed by atoms with Crippen LogP contribution in [0.1, 0.15) is 12.5 Å². The standard InChI is InChI=1S/C25H30O13/c1-12(11-36-17(28)7-4-13-2-5-14(27)6-3-13)18(29)23-19(30)15(24(34)38-23)8-9-35-25-22(33)21(32)20(31)16(10-26)37-25/h2-8,11,16,18-23,25-27,29-33H,9-10H2,1H3/b7-4+,12-11+,15-8-/t16-,18+,19+,20+,21+,22+,23+,25-/m0/s1. The zero-order valence-corrected chi connectivity index (χ0v) is 20.2. The summed E-state index contributed by atoms with van der Waals surface area (Å²) in [4.78, 5) is 24.2. The number of carbonyl (C=O) groups excluding carboxylic acids is 2. The summed E-state index contributed by atoms with van der Waals surface area (Å²) in [5, 5.41) is 69.1. The lowest BCUT2D eigenvalue weighted by Crippen LogP contribution is -2.59. The Morgan fingerprint density at radius 2 is 1.79 bits per heavy atom. The fraction of sp³-hybridized carbons (Fsp3) is 0.440. The van der Waals surface area contributed by atoms with Crippen molar-refractivity contribution in [2.45, 2.75) is 55.9 Å². The monoisotopic (exact) mass is 538 g/mol. The van der Waals surface area contributed by atoms with Crippen LogP contribution in [0.4, 0.5) is 0 Å². The number of hydrogen-bond acceptors (Lipinski definition) is 13. The van der Waals surface area contributed by atoms with E-state index in [0.717, 1.165) is 18.4 Å². The highest BCUT2D eigenvalue weighted by molar-refractivity contribution is 5.92. The van der Waals surface area contributed by atoms with Crippen LogP contribution in [-0.4, -0.2) is 110 Å². The van der Waals surface area contributed by atoms with Gasteiger partial charge in [-0.3, -0.25) is 0 Å². The SMILES string of the molecule is C/C(=C\OC(=O)/C=C/c1ccc(O)cc1)[C@@H](O)[C@H]1OC(=O)/C(=C\CO[C@H]2O[C@@H](CO)[C@@H](O)[C@@H](O)[C@H]2O)[C@H]1O. The largest absolute Gasteiger partial charge is 0.508 e. The zero-order valence-electron chi connectivity index (χ0n) is 20.2. The van der Waals surface area contributed by atoms with Gasteiger partial charge in [-0.2, -0.15) is 0 Å². The molecule has 2 heterocycles. The zero-order chi connectivity index (χ0) is 28.0. The lowest BCUT2D eigenvalue weighted by atomic mass is 9.99. The molecule has 7 N–H and O–H groups in total. The van der Waals surface area contributed by atoms with Crippen LogP contribution in [-0.2, 0) is 28.5 Å². The number of phenolic OH excluding ortho intramolecular Hbond substituents is 1. The second-order valence-electron chi connectivity index (χ2n) is 8.67. The first-order valence-electron chi connectivity index (χ1n) is 11.6. The molecule has 0 amide bonds. The van der Waals surface area contributed by atoms with Crippen LogP contribution in [0, 0.1) is 0 Å². The van der Waals surface area contributed by atoms with Crippen molar-refractivity contribution < 1.29 is 64.3 Å². The molecule has 0 aliphatic carbocycles. The Morgan fingerprint density at radius 1 is 1.11 bits per heavy atom. The lowest BCUT2D eigenvalue weighted by Gasteiger charge is -2.39. The number of benzene rings is 1. The number of cyclic esters (lactones) is 1. The maximum Gasteiger partial charge on any atom is 0.337 e. The molecule has 3 rings (SSSR count). The number of aliphatic hydroxyl groups is 6. The molecule has 0 spiro atoms. The van der Waals surface area contributed by atoms with Gasteiger partial charge in [0.2, 0.25) is 0 Å². The molecule has 2 fully saturated rings. The minimum atomic E-state index is -1.65. The molecular formula is C25H30O13. The quantitative estimate of drug-likeness (QED) is 0.106. The fourth-order valence-electron chi connectivity index (χ4n) is 3.70. The Morgan fingerprint density at radius 3 is 2.45 bits per heavy atom. The Bertz CT molecular complexity index is 1060. The normalized spacial score (nSPS) is 32.0. The third-order valence-electron chi connectivity index (χ3n) is 5.96. The average molecular weight is 539 g/mol. The van der Waals surface area contributed by atoms with E-state index >= 15 is 0 Å². The summed E-state index contributed by atoms with van der Waals surface area (Å²) in [6.45, 7) is 0.353. The Labute approximate surface area is 217 Å². The summed E-state index contributed by atoms with van der Waals surface area (Å²) in [7, 11) is 0. The van der Waals surface area contributed by atoms with E-state index in [2.05, 4.69) is 0 Å². The maximum atomic E-state index is 12.2. The van der Waals surface area contributed by atoms with E-state index in [1.165, 1.54) is 25.1 Å². The maximum absolute atomic E-state index is 12.2. The number of rotatable bonds is 9. The predicted molar refractivity (Wildman–Crippen MR) is 127 cm³/mol. The van der Waals surface area contributed by atoms with Gasteiger partial charge in [-0.1, -0.05) is 12.1 Å². The second-order valence-corrected chi connectivity index (χ2v) is 8.67. The Balaban J connectivity index is 1.55. The first-order valence-corrected chi connectivity index (χ1v) is 11.6. The molecule has 2 aliphatic rings. The van der Waals surface area contributed by atoms with Crippen molar-refractivity contribution in [2.24, 2.45) is 0 Å². The van der Waals surface area contributed by atoms with Crippen molar-refractivity contribution in [3.8, 4) is 5.75 Å². The minimum Gasteiger partial charge on any atom is -0.508 e. The van der Waals surface area contributed by atoms with Crippen LogP contribution in [0.2, 0.25) is 0 Å². The summed E-state index contributed by atoms with van der Waals surface area (Å²) in [6.07, 6.45) is -7.33. The summed E-state index contributed by atoms with van der Waals surface area (Å²) in [6, 6.07) is 6.06. The molecule has 13 nitrogen and oxygen atoms in total. The van der Waals surface area contributed by atoms with E-state index in [4.69, 9.17) is 18.9 Å². The van der Waals surface area contributed by atoms with Crippen LogP contribution in [0.5, 0.6) is 5.75 Å². The average Bonchev–Trinajstić information content (AvgIpc) is 3.19. The molecule has 2 aliphatic heterocycles. The number of hydrogen-bond donors (Lipinski definition) is 7. The van der Waals surface area contributed by atoms with Crippen LogP contribution in [0.25, 0.3) is 6.08 Å². The summed E-state index contributed by atoms with van der Waals surface area (Å²) >= 11 is 0. The van der Waals surface area contributed by atoms with Gasteiger partial charge in [0.05, 0.1) is 25.0 Å². The molecule has 0 radical (unpaired) electrons. The second kappa shape index (κ2) is 13.1. The third-order valence-corrected chi connectivity index (χ3v) is 5.96. The molecule has 0 bridgehead atoms. The van der Waals surface area contributed by atoms with Gasteiger partial charge in [0.1, 0.15) is 42.4 Å². The highest BCUT2D eigenvalue weighted by Crippen LogP contribution is 2.27. The van der Waals surface area contributed by atoms with Gasteiger partial charge in [0, 0.05) is 6.08 Å². The van der Waals surface area contributed by atoms with Crippen LogP contribution in [0.15, 0.2) is 53.8 Å². The van der Waals surface area contributed by atoms with E-state index in [1.54, 1.807) is 12.1 Å². The molecule has 38 heavy (non-hydrogen) atoms. The lowest BCUT2D eigenvalue weighted by molar-refractivity contribution is -0.298. The molecule has 208 valence electrons. The van der Waals surface area contributed by atoms with Crippen molar-refractivity contribution >= 4 is 18.0 Å². The van der Waals surface area contributed by atoms with Gasteiger partial charge in [-0.25, -0.2) is 9.59 Å². The number of aromatic hydroxyl groups is 1. The highest BCUT2D eigenvalue weighted by atomic mass is 16.7. The van der Waals surface area contributed by atoms with Crippen LogP contribution < -0.4 is 0 Å². The predicted octanol–water partition coefficient (Wildman–Crippen LogP) is -1.76. The molecule has 8 atom stereocenters. The van der Waals surface area contributed by atoms with Gasteiger partial charge in [0.25, 0.3) is 0 Å². The van der Waals surface area contributed by atoms with Gasteiger partial charge in [-0.05, 0) is 42.3 Å². The molecule has 1 aromatic rings. The van der Waals surface area contributed by atoms with Gasteiger partial charge in [0.15, 0.2) is 12.4 Å². The van der Waals surface area contributed by atoms with Crippen molar-refractivity contribution in [2.75, 3.05) is 13.2 Å².